The lowest BCUT2D eigenvalue weighted by Gasteiger charge is -2.33. The number of nitriles is 2. The molecule has 0 saturated heterocycles. The Kier molecular flexibility index (Phi) is 2.72. The highest BCUT2D eigenvalue weighted by atomic mass is 14.9. The van der Waals surface area contributed by atoms with E-state index in [2.05, 4.69) is 29.6 Å². The molecule has 3 heteroatoms. The van der Waals surface area contributed by atoms with Crippen molar-refractivity contribution in [1.82, 2.24) is 5.32 Å². The van der Waals surface area contributed by atoms with Crippen LogP contribution in [0.25, 0.3) is 0 Å². The molecule has 1 N–H and O–H groups in total. The third-order valence-electron chi connectivity index (χ3n) is 4.80. The Morgan fingerprint density at radius 1 is 1.05 bits per heavy atom. The maximum Gasteiger partial charge on any atom is 0.0972 e. The Balaban J connectivity index is 2.05. The van der Waals surface area contributed by atoms with Crippen LogP contribution in [-0.4, -0.2) is 0 Å². The Morgan fingerprint density at radius 2 is 1.68 bits per heavy atom. The van der Waals surface area contributed by atoms with Crippen molar-refractivity contribution in [3.63, 3.8) is 0 Å². The average Bonchev–Trinajstić information content (AvgIpc) is 3.00. The number of fused-ring (bicyclic) bond motifs is 2. The lowest BCUT2D eigenvalue weighted by atomic mass is 9.72. The van der Waals surface area contributed by atoms with Gasteiger partial charge in [0.05, 0.1) is 23.3 Å². The van der Waals surface area contributed by atoms with Crippen molar-refractivity contribution in [1.29, 1.82) is 10.5 Å². The number of hydrogen-bond donors (Lipinski definition) is 1. The molecule has 0 spiro atoms. The minimum Gasteiger partial charge on any atom is -0.361 e. The van der Waals surface area contributed by atoms with E-state index >= 15 is 0 Å². The smallest absolute Gasteiger partial charge is 0.0972 e. The van der Waals surface area contributed by atoms with Crippen LogP contribution in [0.5, 0.6) is 0 Å². The van der Waals surface area contributed by atoms with E-state index in [1.807, 2.05) is 13.8 Å². The average molecular weight is 251 g/mol. The van der Waals surface area contributed by atoms with E-state index in [1.165, 1.54) is 6.42 Å². The van der Waals surface area contributed by atoms with Crippen molar-refractivity contribution in [2.24, 2.45) is 23.7 Å². The molecule has 19 heavy (non-hydrogen) atoms. The zero-order valence-electron chi connectivity index (χ0n) is 11.3. The van der Waals surface area contributed by atoms with Gasteiger partial charge < -0.3 is 5.32 Å². The SMILES string of the molecule is CC1=C(C#N)C([C@H]2C[C@@H]3C=C[C@H]2C3)C(C#N)=C(C)N1. The van der Waals surface area contributed by atoms with Crippen molar-refractivity contribution in [3.05, 3.63) is 34.7 Å². The minimum atomic E-state index is -0.00352. The Morgan fingerprint density at radius 3 is 2.11 bits per heavy atom. The second kappa shape index (κ2) is 4.28. The second-order valence-electron chi connectivity index (χ2n) is 5.85. The maximum absolute atomic E-state index is 9.46. The van der Waals surface area contributed by atoms with E-state index in [9.17, 15) is 10.5 Å². The highest BCUT2D eigenvalue weighted by molar-refractivity contribution is 5.48. The normalized spacial score (nSPS) is 33.4. The van der Waals surface area contributed by atoms with Gasteiger partial charge in [-0.15, -0.1) is 0 Å². The van der Waals surface area contributed by atoms with Crippen molar-refractivity contribution < 1.29 is 0 Å². The number of nitrogens with zero attached hydrogens (tertiary/aromatic N) is 2. The first kappa shape index (κ1) is 12.1. The molecule has 3 atom stereocenters. The standard InChI is InChI=1S/C16H17N3/c1-9-14(7-17)16(15(8-18)10(2)19-9)13-6-11-3-4-12(13)5-11/h3-4,11-13,16,19H,5-6H2,1-2H3/t11-,12+,13+/m1/s1. The van der Waals surface area contributed by atoms with E-state index < -0.39 is 0 Å². The summed E-state index contributed by atoms with van der Waals surface area (Å²) in [5.74, 6) is 1.62. The summed E-state index contributed by atoms with van der Waals surface area (Å²) in [4.78, 5) is 0. The van der Waals surface area contributed by atoms with Crippen LogP contribution in [0.15, 0.2) is 34.7 Å². The topological polar surface area (TPSA) is 59.6 Å². The molecule has 0 aromatic heterocycles. The Labute approximate surface area is 113 Å². The number of dihydropyridines is 1. The van der Waals surface area contributed by atoms with Crippen LogP contribution in [0.3, 0.4) is 0 Å². The number of nitrogens with one attached hydrogen (secondary N) is 1. The van der Waals surface area contributed by atoms with Crippen LogP contribution < -0.4 is 5.32 Å². The summed E-state index contributed by atoms with van der Waals surface area (Å²) in [6.45, 7) is 3.87. The number of rotatable bonds is 1. The van der Waals surface area contributed by atoms with Gasteiger partial charge in [0.15, 0.2) is 0 Å². The van der Waals surface area contributed by atoms with Gasteiger partial charge in [-0.05, 0) is 44.4 Å². The molecule has 1 saturated carbocycles. The van der Waals surface area contributed by atoms with Gasteiger partial charge in [-0.25, -0.2) is 0 Å². The summed E-state index contributed by atoms with van der Waals surface area (Å²) in [6.07, 6.45) is 6.90. The van der Waals surface area contributed by atoms with Crippen LogP contribution in [0.1, 0.15) is 26.7 Å². The fraction of sp³-hybridized carbons (Fsp3) is 0.500. The van der Waals surface area contributed by atoms with Gasteiger partial charge in [0, 0.05) is 17.3 Å². The minimum absolute atomic E-state index is 0.00352. The molecule has 0 radical (unpaired) electrons. The van der Waals surface area contributed by atoms with E-state index in [0.717, 1.165) is 29.0 Å². The molecule has 0 aromatic carbocycles. The molecular weight excluding hydrogens is 234 g/mol. The van der Waals surface area contributed by atoms with Crippen LogP contribution >= 0.6 is 0 Å². The van der Waals surface area contributed by atoms with Gasteiger partial charge in [0.2, 0.25) is 0 Å². The quantitative estimate of drug-likeness (QED) is 0.729. The van der Waals surface area contributed by atoms with E-state index in [1.54, 1.807) is 0 Å². The Hall–Kier alpha value is -2.00. The molecule has 0 aromatic rings. The maximum atomic E-state index is 9.46. The molecular formula is C16H17N3. The summed E-state index contributed by atoms with van der Waals surface area (Å²) in [5.41, 5.74) is 3.34. The molecule has 3 rings (SSSR count). The summed E-state index contributed by atoms with van der Waals surface area (Å²) >= 11 is 0. The molecule has 2 bridgehead atoms. The van der Waals surface area contributed by atoms with Gasteiger partial charge in [-0.2, -0.15) is 10.5 Å². The predicted octanol–water partition coefficient (Wildman–Crippen LogP) is 3.01. The van der Waals surface area contributed by atoms with Crippen molar-refractivity contribution in [2.45, 2.75) is 26.7 Å². The third-order valence-corrected chi connectivity index (χ3v) is 4.80. The van der Waals surface area contributed by atoms with Gasteiger partial charge in [0.1, 0.15) is 0 Å². The van der Waals surface area contributed by atoms with Gasteiger partial charge in [-0.3, -0.25) is 0 Å². The van der Waals surface area contributed by atoms with Crippen LogP contribution in [0.2, 0.25) is 0 Å². The first-order valence-electron chi connectivity index (χ1n) is 6.82. The number of hydrogen-bond acceptors (Lipinski definition) is 3. The molecule has 2 aliphatic carbocycles. The zero-order valence-corrected chi connectivity index (χ0v) is 11.3. The van der Waals surface area contributed by atoms with E-state index in [-0.39, 0.29) is 5.92 Å². The van der Waals surface area contributed by atoms with Crippen LogP contribution in [-0.2, 0) is 0 Å². The molecule has 0 unspecified atom stereocenters. The van der Waals surface area contributed by atoms with Gasteiger partial charge in [-0.1, -0.05) is 12.2 Å². The Bertz CT molecular complexity index is 558. The van der Waals surface area contributed by atoms with Gasteiger partial charge >= 0.3 is 0 Å². The molecule has 3 aliphatic rings. The molecule has 1 aliphatic heterocycles. The first-order valence-corrected chi connectivity index (χ1v) is 6.82. The molecule has 0 amide bonds. The van der Waals surface area contributed by atoms with Crippen molar-refractivity contribution >= 4 is 0 Å². The number of allylic oxidation sites excluding steroid dienone is 6. The highest BCUT2D eigenvalue weighted by Crippen LogP contribution is 2.51. The lowest BCUT2D eigenvalue weighted by molar-refractivity contribution is 0.363. The van der Waals surface area contributed by atoms with Gasteiger partial charge in [0.25, 0.3) is 0 Å². The third kappa shape index (κ3) is 1.70. The fourth-order valence-corrected chi connectivity index (χ4v) is 3.97. The lowest BCUT2D eigenvalue weighted by Crippen LogP contribution is -2.31. The summed E-state index contributed by atoms with van der Waals surface area (Å²) in [7, 11) is 0. The molecule has 96 valence electrons. The monoisotopic (exact) mass is 251 g/mol. The first-order chi connectivity index (χ1) is 9.15. The fourth-order valence-electron chi connectivity index (χ4n) is 3.97. The van der Waals surface area contributed by atoms with E-state index in [0.29, 0.717) is 17.8 Å². The zero-order chi connectivity index (χ0) is 13.6. The summed E-state index contributed by atoms with van der Waals surface area (Å²) < 4.78 is 0. The van der Waals surface area contributed by atoms with E-state index in [4.69, 9.17) is 0 Å². The van der Waals surface area contributed by atoms with Crippen LogP contribution in [0, 0.1) is 46.3 Å². The highest BCUT2D eigenvalue weighted by Gasteiger charge is 2.44. The van der Waals surface area contributed by atoms with Crippen molar-refractivity contribution in [3.8, 4) is 12.1 Å². The summed E-state index contributed by atoms with van der Waals surface area (Å²) in [5, 5.41) is 22.1. The molecule has 1 heterocycles. The largest absolute Gasteiger partial charge is 0.361 e. The summed E-state index contributed by atoms with van der Waals surface area (Å²) in [6, 6.07) is 4.67. The molecule has 1 fully saturated rings. The van der Waals surface area contributed by atoms with Crippen LogP contribution in [0.4, 0.5) is 0 Å². The van der Waals surface area contributed by atoms with Crippen molar-refractivity contribution in [2.75, 3.05) is 0 Å². The predicted molar refractivity (Wildman–Crippen MR) is 72.1 cm³/mol. The second-order valence-corrected chi connectivity index (χ2v) is 5.85. The molecule has 3 nitrogen and oxygen atoms in total.